The van der Waals surface area contributed by atoms with Gasteiger partial charge in [-0.2, -0.15) is 13.2 Å². The minimum Gasteiger partial charge on any atom is -0.492 e. The highest BCUT2D eigenvalue weighted by Gasteiger charge is 2.56. The Morgan fingerprint density at radius 3 is 1.72 bits per heavy atom. The molecule has 4 aromatic rings. The summed E-state index contributed by atoms with van der Waals surface area (Å²) in [5.41, 5.74) is -3.76. The first-order valence-electron chi connectivity index (χ1n) is 12.3. The van der Waals surface area contributed by atoms with Crippen LogP contribution >= 0.6 is 7.92 Å². The molecule has 1 atom stereocenters. The summed E-state index contributed by atoms with van der Waals surface area (Å²) in [7, 11) is -6.82. The topological polar surface area (TPSA) is 52.6 Å². The van der Waals surface area contributed by atoms with Crippen LogP contribution in [-0.4, -0.2) is 27.1 Å². The zero-order valence-electron chi connectivity index (χ0n) is 21.1. The molecule has 4 nitrogen and oxygen atoms in total. The zero-order chi connectivity index (χ0) is 27.6. The van der Waals surface area contributed by atoms with E-state index in [0.29, 0.717) is 11.3 Å². The number of ether oxygens (including phenoxy) is 2. The summed E-state index contributed by atoms with van der Waals surface area (Å²) in [5.74, 6) is 0.650. The molecule has 39 heavy (non-hydrogen) atoms. The molecule has 0 saturated heterocycles. The summed E-state index contributed by atoms with van der Waals surface area (Å²) in [6.07, 6.45) is 0. The Morgan fingerprint density at radius 1 is 0.718 bits per heavy atom. The van der Waals surface area contributed by atoms with Gasteiger partial charge in [-0.1, -0.05) is 77.9 Å². The van der Waals surface area contributed by atoms with E-state index < -0.39 is 33.6 Å². The highest BCUT2D eigenvalue weighted by Crippen LogP contribution is 2.55. The molecule has 0 fully saturated rings. The first-order chi connectivity index (χ1) is 18.5. The van der Waals surface area contributed by atoms with E-state index in [9.17, 15) is 21.6 Å². The van der Waals surface area contributed by atoms with E-state index in [1.54, 1.807) is 6.07 Å². The van der Waals surface area contributed by atoms with Crippen LogP contribution in [-0.2, 0) is 15.3 Å². The standard InChI is InChI=1S/C30H24F3O4PS/c1-19-9-13-21(14-10-19)38(22-15-11-20(2)12-16-22)25-7-3-5-23-27(25)29(17-36-23)18-37-24-6-4-8-26(28(24)29)39(34,35)30(31,32)33/h3-16H,17-18H2,1-2H3. The molecule has 0 radical (unpaired) electrons. The quantitative estimate of drug-likeness (QED) is 0.309. The van der Waals surface area contributed by atoms with Crippen molar-refractivity contribution in [3.63, 3.8) is 0 Å². The fraction of sp³-hybridized carbons (Fsp3) is 0.200. The van der Waals surface area contributed by atoms with Crippen molar-refractivity contribution in [3.05, 3.63) is 107 Å². The maximum atomic E-state index is 13.8. The van der Waals surface area contributed by atoms with Gasteiger partial charge in [0.25, 0.3) is 9.84 Å². The molecule has 1 unspecified atom stereocenters. The van der Waals surface area contributed by atoms with E-state index in [1.807, 2.05) is 50.2 Å². The third-order valence-corrected chi connectivity index (χ3v) is 11.3. The molecule has 200 valence electrons. The van der Waals surface area contributed by atoms with Gasteiger partial charge in [-0.15, -0.1) is 0 Å². The molecule has 0 amide bonds. The van der Waals surface area contributed by atoms with Crippen LogP contribution in [0.5, 0.6) is 11.5 Å². The van der Waals surface area contributed by atoms with E-state index in [0.717, 1.165) is 33.1 Å². The van der Waals surface area contributed by atoms with Gasteiger partial charge in [0.2, 0.25) is 0 Å². The van der Waals surface area contributed by atoms with E-state index >= 15 is 0 Å². The number of sulfone groups is 1. The summed E-state index contributed by atoms with van der Waals surface area (Å²) in [5, 5.41) is 3.01. The van der Waals surface area contributed by atoms with Crippen LogP contribution in [0.1, 0.15) is 22.3 Å². The molecule has 1 spiro atoms. The van der Waals surface area contributed by atoms with Crippen LogP contribution < -0.4 is 25.4 Å². The maximum absolute atomic E-state index is 13.8. The number of hydrogen-bond donors (Lipinski definition) is 0. The number of alkyl halides is 3. The Balaban J connectivity index is 1.63. The van der Waals surface area contributed by atoms with E-state index in [4.69, 9.17) is 9.47 Å². The lowest BCUT2D eigenvalue weighted by molar-refractivity contribution is -0.0436. The van der Waals surface area contributed by atoms with Crippen LogP contribution in [0.15, 0.2) is 89.8 Å². The SMILES string of the molecule is Cc1ccc(P(c2ccc(C)cc2)c2cccc3c2C2(CO3)COc3cccc(S(=O)(=O)C(F)(F)F)c32)cc1. The van der Waals surface area contributed by atoms with Gasteiger partial charge in [0.1, 0.15) is 24.7 Å². The molecule has 0 N–H and O–H groups in total. The molecular formula is C30H24F3O4PS. The molecule has 0 saturated carbocycles. The Kier molecular flexibility index (Phi) is 6.05. The van der Waals surface area contributed by atoms with Crippen LogP contribution in [0.4, 0.5) is 13.2 Å². The predicted molar refractivity (Wildman–Crippen MR) is 146 cm³/mol. The number of rotatable bonds is 4. The molecular weight excluding hydrogens is 544 g/mol. The first-order valence-corrected chi connectivity index (χ1v) is 15.1. The van der Waals surface area contributed by atoms with Crippen molar-refractivity contribution in [2.24, 2.45) is 0 Å². The van der Waals surface area contributed by atoms with Crippen molar-refractivity contribution in [1.29, 1.82) is 0 Å². The van der Waals surface area contributed by atoms with Gasteiger partial charge in [0.15, 0.2) is 0 Å². The number of halogens is 3. The van der Waals surface area contributed by atoms with Gasteiger partial charge in [-0.05, 0) is 55.9 Å². The summed E-state index contributed by atoms with van der Waals surface area (Å²) in [6, 6.07) is 25.9. The van der Waals surface area contributed by atoms with Crippen molar-refractivity contribution in [1.82, 2.24) is 0 Å². The number of aryl methyl sites for hydroxylation is 2. The van der Waals surface area contributed by atoms with Crippen molar-refractivity contribution < 1.29 is 31.1 Å². The molecule has 9 heteroatoms. The van der Waals surface area contributed by atoms with Crippen LogP contribution in [0.3, 0.4) is 0 Å². The molecule has 2 aliphatic rings. The minimum absolute atomic E-state index is 0.0105. The van der Waals surface area contributed by atoms with Crippen molar-refractivity contribution in [2.45, 2.75) is 29.7 Å². The molecule has 2 aliphatic heterocycles. The monoisotopic (exact) mass is 568 g/mol. The molecule has 2 heterocycles. The van der Waals surface area contributed by atoms with E-state index in [1.165, 1.54) is 12.1 Å². The fourth-order valence-electron chi connectivity index (χ4n) is 5.43. The van der Waals surface area contributed by atoms with Gasteiger partial charge in [0.05, 0.1) is 10.3 Å². The van der Waals surface area contributed by atoms with Gasteiger partial charge >= 0.3 is 5.51 Å². The Hall–Kier alpha value is -3.35. The summed E-state index contributed by atoms with van der Waals surface area (Å²) in [6.45, 7) is 3.97. The highest BCUT2D eigenvalue weighted by molar-refractivity contribution is 7.92. The minimum atomic E-state index is -5.64. The first kappa shape index (κ1) is 25.9. The summed E-state index contributed by atoms with van der Waals surface area (Å²) in [4.78, 5) is -0.786. The zero-order valence-corrected chi connectivity index (χ0v) is 22.8. The van der Waals surface area contributed by atoms with Crippen LogP contribution in [0.2, 0.25) is 0 Å². The largest absolute Gasteiger partial charge is 0.501 e. The molecule has 0 aliphatic carbocycles. The number of benzene rings is 4. The third-order valence-electron chi connectivity index (χ3n) is 7.32. The van der Waals surface area contributed by atoms with Crippen LogP contribution in [0, 0.1) is 13.8 Å². The van der Waals surface area contributed by atoms with Gasteiger partial charge < -0.3 is 9.47 Å². The molecule has 0 bridgehead atoms. The summed E-state index contributed by atoms with van der Waals surface area (Å²) < 4.78 is 79.0. The highest BCUT2D eigenvalue weighted by atomic mass is 32.2. The Bertz CT molecular complexity index is 1630. The lowest BCUT2D eigenvalue weighted by Gasteiger charge is -2.29. The van der Waals surface area contributed by atoms with E-state index in [-0.39, 0.29) is 24.5 Å². The Labute approximate surface area is 226 Å². The van der Waals surface area contributed by atoms with Gasteiger partial charge in [-0.3, -0.25) is 0 Å². The maximum Gasteiger partial charge on any atom is 0.501 e. The molecule has 4 aromatic carbocycles. The summed E-state index contributed by atoms with van der Waals surface area (Å²) >= 11 is 0. The fourth-order valence-corrected chi connectivity index (χ4v) is 9.03. The van der Waals surface area contributed by atoms with Crippen LogP contribution in [0.25, 0.3) is 0 Å². The molecule has 6 rings (SSSR count). The predicted octanol–water partition coefficient (Wildman–Crippen LogP) is 5.43. The lowest BCUT2D eigenvalue weighted by Crippen LogP contribution is -2.38. The average molecular weight is 569 g/mol. The second-order valence-electron chi connectivity index (χ2n) is 9.89. The average Bonchev–Trinajstić information content (AvgIpc) is 3.48. The smallest absolute Gasteiger partial charge is 0.492 e. The second-order valence-corrected chi connectivity index (χ2v) is 14.0. The van der Waals surface area contributed by atoms with Crippen molar-refractivity contribution in [3.8, 4) is 11.5 Å². The number of fused-ring (bicyclic) bond motifs is 4. The normalized spacial score (nSPS) is 18.1. The van der Waals surface area contributed by atoms with E-state index in [2.05, 4.69) is 24.3 Å². The van der Waals surface area contributed by atoms with Gasteiger partial charge in [0, 0.05) is 11.1 Å². The second kappa shape index (κ2) is 9.10. The van der Waals surface area contributed by atoms with Crippen molar-refractivity contribution >= 4 is 33.7 Å². The van der Waals surface area contributed by atoms with Gasteiger partial charge in [-0.25, -0.2) is 8.42 Å². The number of hydrogen-bond acceptors (Lipinski definition) is 4. The Morgan fingerprint density at radius 2 is 1.21 bits per heavy atom. The lowest BCUT2D eigenvalue weighted by atomic mass is 9.78. The third kappa shape index (κ3) is 4.04. The molecule has 0 aromatic heterocycles. The van der Waals surface area contributed by atoms with Crippen molar-refractivity contribution in [2.75, 3.05) is 13.2 Å².